The molecule has 0 bridgehead atoms. The summed E-state index contributed by atoms with van der Waals surface area (Å²) >= 11 is 0. The van der Waals surface area contributed by atoms with E-state index in [1.54, 1.807) is 38.3 Å². The summed E-state index contributed by atoms with van der Waals surface area (Å²) in [4.78, 5) is 12.5. The van der Waals surface area contributed by atoms with Crippen LogP contribution < -0.4 is 20.1 Å². The summed E-state index contributed by atoms with van der Waals surface area (Å²) in [6, 6.07) is 5.38. The van der Waals surface area contributed by atoms with Crippen LogP contribution in [0.5, 0.6) is 11.5 Å². The van der Waals surface area contributed by atoms with Gasteiger partial charge in [0.05, 0.1) is 26.5 Å². The Balaban J connectivity index is 2.98. The van der Waals surface area contributed by atoms with Gasteiger partial charge in [-0.1, -0.05) is 0 Å². The molecule has 0 fully saturated rings. The number of anilines is 1. The molecule has 1 aromatic rings. The lowest BCUT2D eigenvalue weighted by Crippen LogP contribution is -2.30. The summed E-state index contributed by atoms with van der Waals surface area (Å²) in [6.45, 7) is 0.142. The van der Waals surface area contributed by atoms with Crippen LogP contribution in [-0.2, 0) is 4.79 Å². The standard InChI is InChI=1S/C11H16N2O3/c1-13(7-11(12)14)9-5-4-8(15-2)6-10(9)16-3/h4-6H,7H2,1-3H3,(H2,12,14). The molecule has 1 aromatic carbocycles. The van der Waals surface area contributed by atoms with Crippen molar-refractivity contribution in [3.63, 3.8) is 0 Å². The van der Waals surface area contributed by atoms with Crippen LogP contribution >= 0.6 is 0 Å². The number of ether oxygens (including phenoxy) is 2. The van der Waals surface area contributed by atoms with Crippen molar-refractivity contribution in [3.05, 3.63) is 18.2 Å². The minimum absolute atomic E-state index is 0.142. The normalized spacial score (nSPS) is 9.69. The third-order valence-corrected chi connectivity index (χ3v) is 2.19. The van der Waals surface area contributed by atoms with Crippen molar-refractivity contribution in [3.8, 4) is 11.5 Å². The predicted octanol–water partition coefficient (Wildman–Crippen LogP) is 0.625. The van der Waals surface area contributed by atoms with Gasteiger partial charge in [0.25, 0.3) is 0 Å². The summed E-state index contributed by atoms with van der Waals surface area (Å²) in [5, 5.41) is 0. The SMILES string of the molecule is COc1ccc(N(C)CC(N)=O)c(OC)c1. The van der Waals surface area contributed by atoms with Crippen molar-refractivity contribution in [2.75, 3.05) is 32.7 Å². The van der Waals surface area contributed by atoms with E-state index < -0.39 is 0 Å². The maximum Gasteiger partial charge on any atom is 0.236 e. The molecule has 1 amide bonds. The van der Waals surface area contributed by atoms with Gasteiger partial charge in [0.15, 0.2) is 0 Å². The maximum absolute atomic E-state index is 10.8. The number of hydrogen-bond acceptors (Lipinski definition) is 4. The lowest BCUT2D eigenvalue weighted by atomic mass is 10.2. The zero-order valence-corrected chi connectivity index (χ0v) is 9.69. The fourth-order valence-electron chi connectivity index (χ4n) is 1.42. The number of hydrogen-bond donors (Lipinski definition) is 1. The number of nitrogens with two attached hydrogens (primary N) is 1. The number of amides is 1. The van der Waals surface area contributed by atoms with E-state index in [2.05, 4.69) is 0 Å². The molecule has 88 valence electrons. The highest BCUT2D eigenvalue weighted by atomic mass is 16.5. The van der Waals surface area contributed by atoms with E-state index in [-0.39, 0.29) is 12.5 Å². The average molecular weight is 224 g/mol. The number of carbonyl (C=O) groups excluding carboxylic acids is 1. The summed E-state index contributed by atoms with van der Waals surface area (Å²) in [7, 11) is 4.92. The van der Waals surface area contributed by atoms with Crippen molar-refractivity contribution < 1.29 is 14.3 Å². The Morgan fingerprint density at radius 3 is 2.56 bits per heavy atom. The molecule has 16 heavy (non-hydrogen) atoms. The summed E-state index contributed by atoms with van der Waals surface area (Å²) in [6.07, 6.45) is 0. The Labute approximate surface area is 94.7 Å². The van der Waals surface area contributed by atoms with E-state index in [1.807, 2.05) is 6.07 Å². The molecule has 0 aromatic heterocycles. The molecule has 1 rings (SSSR count). The molecule has 0 aliphatic heterocycles. The molecule has 0 heterocycles. The second-order valence-electron chi connectivity index (χ2n) is 3.36. The van der Waals surface area contributed by atoms with Gasteiger partial charge in [0.2, 0.25) is 5.91 Å². The second kappa shape index (κ2) is 5.25. The quantitative estimate of drug-likeness (QED) is 0.796. The third kappa shape index (κ3) is 2.79. The Morgan fingerprint density at radius 2 is 2.06 bits per heavy atom. The second-order valence-corrected chi connectivity index (χ2v) is 3.36. The van der Waals surface area contributed by atoms with Gasteiger partial charge in [-0.3, -0.25) is 4.79 Å². The Morgan fingerprint density at radius 1 is 1.38 bits per heavy atom. The van der Waals surface area contributed by atoms with Crippen molar-refractivity contribution in [2.24, 2.45) is 5.73 Å². The fourth-order valence-corrected chi connectivity index (χ4v) is 1.42. The van der Waals surface area contributed by atoms with E-state index in [0.29, 0.717) is 11.5 Å². The van der Waals surface area contributed by atoms with Crippen LogP contribution in [0, 0.1) is 0 Å². The van der Waals surface area contributed by atoms with Crippen molar-refractivity contribution >= 4 is 11.6 Å². The highest BCUT2D eigenvalue weighted by Crippen LogP contribution is 2.31. The number of methoxy groups -OCH3 is 2. The third-order valence-electron chi connectivity index (χ3n) is 2.19. The van der Waals surface area contributed by atoms with Crippen molar-refractivity contribution in [2.45, 2.75) is 0 Å². The highest BCUT2D eigenvalue weighted by molar-refractivity contribution is 5.80. The van der Waals surface area contributed by atoms with E-state index in [1.165, 1.54) is 0 Å². The molecule has 5 nitrogen and oxygen atoms in total. The lowest BCUT2D eigenvalue weighted by molar-refractivity contribution is -0.116. The van der Waals surface area contributed by atoms with Gasteiger partial charge in [-0.15, -0.1) is 0 Å². The Kier molecular flexibility index (Phi) is 3.99. The van der Waals surface area contributed by atoms with Crippen molar-refractivity contribution in [1.82, 2.24) is 0 Å². The topological polar surface area (TPSA) is 64.8 Å². The molecule has 0 saturated carbocycles. The number of rotatable bonds is 5. The van der Waals surface area contributed by atoms with Gasteiger partial charge in [-0.25, -0.2) is 0 Å². The van der Waals surface area contributed by atoms with Gasteiger partial charge < -0.3 is 20.1 Å². The Bertz CT molecular complexity index is 379. The Hall–Kier alpha value is -1.91. The van der Waals surface area contributed by atoms with E-state index in [0.717, 1.165) is 5.69 Å². The van der Waals surface area contributed by atoms with Crippen LogP contribution in [0.15, 0.2) is 18.2 Å². The lowest BCUT2D eigenvalue weighted by Gasteiger charge is -2.20. The first-order chi connectivity index (χ1) is 7.58. The predicted molar refractivity (Wildman–Crippen MR) is 62.0 cm³/mol. The zero-order chi connectivity index (χ0) is 12.1. The molecule has 0 saturated heterocycles. The highest BCUT2D eigenvalue weighted by Gasteiger charge is 2.10. The monoisotopic (exact) mass is 224 g/mol. The summed E-state index contributed by atoms with van der Waals surface area (Å²) in [5.41, 5.74) is 5.93. The molecule has 0 aliphatic carbocycles. The van der Waals surface area contributed by atoms with Crippen molar-refractivity contribution in [1.29, 1.82) is 0 Å². The number of likely N-dealkylation sites (N-methyl/N-ethyl adjacent to an activating group) is 1. The molecule has 2 N–H and O–H groups in total. The zero-order valence-electron chi connectivity index (χ0n) is 9.69. The number of nitrogens with zero attached hydrogens (tertiary/aromatic N) is 1. The van der Waals surface area contributed by atoms with Gasteiger partial charge in [0.1, 0.15) is 11.5 Å². The van der Waals surface area contributed by atoms with E-state index in [4.69, 9.17) is 15.2 Å². The van der Waals surface area contributed by atoms with Crippen LogP contribution in [-0.4, -0.2) is 33.7 Å². The number of carbonyl (C=O) groups is 1. The maximum atomic E-state index is 10.8. The fraction of sp³-hybridized carbons (Fsp3) is 0.364. The van der Waals surface area contributed by atoms with E-state index in [9.17, 15) is 4.79 Å². The number of primary amides is 1. The van der Waals surface area contributed by atoms with Gasteiger partial charge >= 0.3 is 0 Å². The molecule has 0 atom stereocenters. The molecule has 0 spiro atoms. The first-order valence-electron chi connectivity index (χ1n) is 4.80. The molecular formula is C11H16N2O3. The molecule has 0 radical (unpaired) electrons. The van der Waals surface area contributed by atoms with Crippen LogP contribution in [0.1, 0.15) is 0 Å². The summed E-state index contributed by atoms with van der Waals surface area (Å²) < 4.78 is 10.3. The molecular weight excluding hydrogens is 208 g/mol. The minimum Gasteiger partial charge on any atom is -0.497 e. The average Bonchev–Trinajstić information content (AvgIpc) is 2.27. The minimum atomic E-state index is -0.389. The van der Waals surface area contributed by atoms with Crippen LogP contribution in [0.3, 0.4) is 0 Å². The van der Waals surface area contributed by atoms with E-state index >= 15 is 0 Å². The van der Waals surface area contributed by atoms with Gasteiger partial charge in [-0.05, 0) is 12.1 Å². The van der Waals surface area contributed by atoms with Crippen LogP contribution in [0.2, 0.25) is 0 Å². The first kappa shape index (κ1) is 12.2. The van der Waals surface area contributed by atoms with Gasteiger partial charge in [-0.2, -0.15) is 0 Å². The molecule has 0 unspecified atom stereocenters. The van der Waals surface area contributed by atoms with Crippen LogP contribution in [0.25, 0.3) is 0 Å². The number of benzene rings is 1. The van der Waals surface area contributed by atoms with Crippen LogP contribution in [0.4, 0.5) is 5.69 Å². The largest absolute Gasteiger partial charge is 0.497 e. The summed E-state index contributed by atoms with van der Waals surface area (Å²) in [5.74, 6) is 0.955. The molecule has 5 heteroatoms. The smallest absolute Gasteiger partial charge is 0.236 e. The van der Waals surface area contributed by atoms with Gasteiger partial charge in [0, 0.05) is 13.1 Å². The first-order valence-corrected chi connectivity index (χ1v) is 4.80. The molecule has 0 aliphatic rings.